The zero-order valence-corrected chi connectivity index (χ0v) is 16.3. The van der Waals surface area contributed by atoms with Gasteiger partial charge in [-0.15, -0.1) is 0 Å². The zero-order chi connectivity index (χ0) is 20.6. The van der Waals surface area contributed by atoms with E-state index in [1.54, 1.807) is 25.4 Å². The second-order valence-corrected chi connectivity index (χ2v) is 6.94. The predicted molar refractivity (Wildman–Crippen MR) is 108 cm³/mol. The number of aromatic nitrogens is 2. The Morgan fingerprint density at radius 3 is 2.90 bits per heavy atom. The molecule has 1 aromatic carbocycles. The molecule has 0 fully saturated rings. The van der Waals surface area contributed by atoms with Crippen molar-refractivity contribution in [2.75, 3.05) is 25.0 Å². The molecule has 154 valence electrons. The van der Waals surface area contributed by atoms with Gasteiger partial charge in [0.15, 0.2) is 0 Å². The maximum atomic E-state index is 13.9. The summed E-state index contributed by atoms with van der Waals surface area (Å²) in [6.45, 7) is 3.88. The smallest absolute Gasteiger partial charge is 0.328 e. The van der Waals surface area contributed by atoms with Crippen LogP contribution in [0, 0.1) is 5.82 Å². The van der Waals surface area contributed by atoms with Gasteiger partial charge < -0.3 is 20.5 Å². The van der Waals surface area contributed by atoms with Crippen LogP contribution >= 0.6 is 0 Å². The Morgan fingerprint density at radius 2 is 2.14 bits per heavy atom. The molecular weight excluding hydrogens is 375 g/mol. The minimum Gasteiger partial charge on any atom is -0.488 e. The van der Waals surface area contributed by atoms with Crippen molar-refractivity contribution >= 4 is 17.5 Å². The number of nitrogens with one attached hydrogen (secondary N) is 2. The molecular formula is C21H25FN4O3. The first kappa shape index (κ1) is 20.7. The molecule has 0 bridgehead atoms. The summed E-state index contributed by atoms with van der Waals surface area (Å²) in [7, 11) is 0. The van der Waals surface area contributed by atoms with Gasteiger partial charge in [0.1, 0.15) is 17.7 Å². The van der Waals surface area contributed by atoms with Gasteiger partial charge >= 0.3 is 5.97 Å². The van der Waals surface area contributed by atoms with Gasteiger partial charge in [-0.1, -0.05) is 0 Å². The Balaban J connectivity index is 1.50. The van der Waals surface area contributed by atoms with Gasteiger partial charge in [-0.05, 0) is 62.1 Å². The van der Waals surface area contributed by atoms with Crippen molar-refractivity contribution < 1.29 is 19.0 Å². The highest BCUT2D eigenvalue weighted by Gasteiger charge is 2.24. The van der Waals surface area contributed by atoms with Gasteiger partial charge in [0, 0.05) is 37.1 Å². The third-order valence-electron chi connectivity index (χ3n) is 4.67. The highest BCUT2D eigenvalue weighted by molar-refractivity contribution is 5.90. The van der Waals surface area contributed by atoms with Crippen LogP contribution in [0.15, 0.2) is 36.7 Å². The first-order chi connectivity index (χ1) is 14.0. The first-order valence-corrected chi connectivity index (χ1v) is 9.65. The average Bonchev–Trinajstić information content (AvgIpc) is 2.70. The summed E-state index contributed by atoms with van der Waals surface area (Å²) in [5.41, 5.74) is 1.75. The second-order valence-electron chi connectivity index (χ2n) is 6.94. The van der Waals surface area contributed by atoms with E-state index < -0.39 is 5.97 Å². The quantitative estimate of drug-likeness (QED) is 0.440. The summed E-state index contributed by atoms with van der Waals surface area (Å²) < 4.78 is 20.0. The Labute approximate surface area is 169 Å². The van der Waals surface area contributed by atoms with E-state index in [1.807, 2.05) is 0 Å². The lowest BCUT2D eigenvalue weighted by molar-refractivity contribution is -0.131. The molecule has 1 unspecified atom stereocenters. The van der Waals surface area contributed by atoms with Crippen molar-refractivity contribution in [1.82, 2.24) is 15.3 Å². The number of allylic oxidation sites excluding steroid dienone is 1. The molecule has 1 aromatic heterocycles. The van der Waals surface area contributed by atoms with Crippen LogP contribution < -0.4 is 15.4 Å². The number of hydrogen-bond donors (Lipinski definition) is 3. The van der Waals surface area contributed by atoms with Crippen LogP contribution in [0.3, 0.4) is 0 Å². The number of rotatable bonds is 9. The second kappa shape index (κ2) is 9.97. The number of fused-ring (bicyclic) bond motifs is 1. The van der Waals surface area contributed by atoms with E-state index in [0.717, 1.165) is 37.6 Å². The van der Waals surface area contributed by atoms with Crippen molar-refractivity contribution in [2.24, 2.45) is 0 Å². The molecule has 7 nitrogen and oxygen atoms in total. The number of hydrogen-bond acceptors (Lipinski definition) is 6. The predicted octanol–water partition coefficient (Wildman–Crippen LogP) is 2.89. The monoisotopic (exact) mass is 400 g/mol. The van der Waals surface area contributed by atoms with Gasteiger partial charge in [-0.2, -0.15) is 0 Å². The molecule has 0 spiro atoms. The summed E-state index contributed by atoms with van der Waals surface area (Å²) in [5, 5.41) is 15.5. The summed E-state index contributed by atoms with van der Waals surface area (Å²) in [4.78, 5) is 19.2. The van der Waals surface area contributed by atoms with Gasteiger partial charge in [0.25, 0.3) is 0 Å². The first-order valence-electron chi connectivity index (χ1n) is 9.65. The molecule has 1 atom stereocenters. The molecule has 1 aliphatic rings. The van der Waals surface area contributed by atoms with Crippen molar-refractivity contribution in [3.63, 3.8) is 0 Å². The molecule has 3 rings (SSSR count). The van der Waals surface area contributed by atoms with Gasteiger partial charge in [0.05, 0.1) is 0 Å². The van der Waals surface area contributed by atoms with E-state index in [0.29, 0.717) is 35.8 Å². The van der Waals surface area contributed by atoms with E-state index in [2.05, 4.69) is 20.6 Å². The molecule has 0 aliphatic carbocycles. The fraction of sp³-hybridized carbons (Fsp3) is 0.381. The standard InChI is InChI=1S/C21H25FN4O3/c1-14(10-19(27)28)18-12-16(22)11-15-4-5-17(29-20(15)18)13-23-6-2-7-24-21-25-8-3-9-26-21/h3,8-12,17,23H,2,4-7,13H2,1H3,(H,27,28)(H,24,25,26). The van der Waals surface area contributed by atoms with Crippen LogP contribution in [0.5, 0.6) is 5.75 Å². The molecule has 0 amide bonds. The largest absolute Gasteiger partial charge is 0.488 e. The Bertz CT molecular complexity index is 874. The lowest BCUT2D eigenvalue weighted by Crippen LogP contribution is -2.35. The molecule has 29 heavy (non-hydrogen) atoms. The van der Waals surface area contributed by atoms with Crippen LogP contribution in [0.25, 0.3) is 5.57 Å². The summed E-state index contributed by atoms with van der Waals surface area (Å²) in [5.74, 6) is -0.248. The average molecular weight is 400 g/mol. The maximum absolute atomic E-state index is 13.9. The van der Waals surface area contributed by atoms with E-state index in [-0.39, 0.29) is 11.9 Å². The number of ether oxygens (including phenoxy) is 1. The number of halogens is 1. The molecule has 2 heterocycles. The number of anilines is 1. The number of carboxylic acids is 1. The van der Waals surface area contributed by atoms with Crippen molar-refractivity contribution in [3.05, 3.63) is 53.6 Å². The Kier molecular flexibility index (Phi) is 7.13. The van der Waals surface area contributed by atoms with Crippen LogP contribution in [0.2, 0.25) is 0 Å². The lowest BCUT2D eigenvalue weighted by atomic mass is 9.95. The van der Waals surface area contributed by atoms with Crippen molar-refractivity contribution in [1.29, 1.82) is 0 Å². The lowest BCUT2D eigenvalue weighted by Gasteiger charge is -2.28. The number of carboxylic acid groups (broad SMARTS) is 1. The zero-order valence-electron chi connectivity index (χ0n) is 16.3. The molecule has 3 N–H and O–H groups in total. The minimum atomic E-state index is -1.07. The van der Waals surface area contributed by atoms with Crippen LogP contribution in [-0.4, -0.2) is 46.8 Å². The summed E-state index contributed by atoms with van der Waals surface area (Å²) in [6.07, 6.45) is 6.79. The number of aliphatic carboxylic acids is 1. The van der Waals surface area contributed by atoms with E-state index in [4.69, 9.17) is 9.84 Å². The number of nitrogens with zero attached hydrogens (tertiary/aromatic N) is 2. The molecule has 0 saturated carbocycles. The molecule has 0 radical (unpaired) electrons. The fourth-order valence-corrected chi connectivity index (χ4v) is 3.28. The van der Waals surface area contributed by atoms with Gasteiger partial charge in [0.2, 0.25) is 5.95 Å². The number of aryl methyl sites for hydroxylation is 1. The van der Waals surface area contributed by atoms with E-state index in [1.165, 1.54) is 12.1 Å². The van der Waals surface area contributed by atoms with E-state index in [9.17, 15) is 9.18 Å². The maximum Gasteiger partial charge on any atom is 0.328 e. The highest BCUT2D eigenvalue weighted by atomic mass is 19.1. The van der Waals surface area contributed by atoms with Crippen LogP contribution in [0.1, 0.15) is 30.9 Å². The third-order valence-corrected chi connectivity index (χ3v) is 4.67. The third kappa shape index (κ3) is 5.99. The normalized spacial score (nSPS) is 16.1. The number of carbonyl (C=O) groups is 1. The van der Waals surface area contributed by atoms with Gasteiger partial charge in [-0.25, -0.2) is 19.2 Å². The fourth-order valence-electron chi connectivity index (χ4n) is 3.28. The molecule has 8 heteroatoms. The van der Waals surface area contributed by atoms with Gasteiger partial charge in [-0.3, -0.25) is 0 Å². The number of benzene rings is 1. The molecule has 1 aliphatic heterocycles. The Hall–Kier alpha value is -3.00. The van der Waals surface area contributed by atoms with E-state index >= 15 is 0 Å². The molecule has 0 saturated heterocycles. The minimum absolute atomic E-state index is 0.0465. The molecule has 2 aromatic rings. The van der Waals surface area contributed by atoms with Crippen molar-refractivity contribution in [3.8, 4) is 5.75 Å². The summed E-state index contributed by atoms with van der Waals surface area (Å²) in [6, 6.07) is 4.57. The highest BCUT2D eigenvalue weighted by Crippen LogP contribution is 2.36. The SMILES string of the molecule is CC(=CC(=O)O)c1cc(F)cc2c1OC(CNCCCNc1ncccn1)CC2. The van der Waals surface area contributed by atoms with Crippen LogP contribution in [0.4, 0.5) is 10.3 Å². The Morgan fingerprint density at radius 1 is 1.34 bits per heavy atom. The topological polar surface area (TPSA) is 96.4 Å². The van der Waals surface area contributed by atoms with Crippen molar-refractivity contribution in [2.45, 2.75) is 32.3 Å². The van der Waals surface area contributed by atoms with Crippen LogP contribution in [-0.2, 0) is 11.2 Å². The summed E-state index contributed by atoms with van der Waals surface area (Å²) >= 11 is 0.